The van der Waals surface area contributed by atoms with Gasteiger partial charge in [-0.05, 0) is 60.4 Å². The minimum Gasteiger partial charge on any atom is -0.497 e. The molecule has 0 bridgehead atoms. The van der Waals surface area contributed by atoms with Gasteiger partial charge in [0.25, 0.3) is 5.91 Å². The SMILES string of the molecule is COc1ccc(CNC(=O)c2ccc3c(c2)CCN(C2=CC=C2)CC3)c(OC)c1. The number of nitrogens with one attached hydrogen (secondary N) is 1. The lowest BCUT2D eigenvalue weighted by Gasteiger charge is -2.26. The van der Waals surface area contributed by atoms with Crippen LogP contribution in [0.5, 0.6) is 11.5 Å². The van der Waals surface area contributed by atoms with E-state index in [0.717, 1.165) is 37.2 Å². The average Bonchev–Trinajstić information content (AvgIpc) is 2.93. The molecule has 0 radical (unpaired) electrons. The molecule has 0 aromatic heterocycles. The van der Waals surface area contributed by atoms with Gasteiger partial charge >= 0.3 is 0 Å². The smallest absolute Gasteiger partial charge is 0.251 e. The third kappa shape index (κ3) is 4.14. The van der Waals surface area contributed by atoms with Crippen molar-refractivity contribution >= 4 is 5.91 Å². The monoisotopic (exact) mass is 390 g/mol. The highest BCUT2D eigenvalue weighted by Gasteiger charge is 2.18. The first-order valence-corrected chi connectivity index (χ1v) is 9.92. The van der Waals surface area contributed by atoms with Crippen LogP contribution in [0.4, 0.5) is 0 Å². The molecule has 0 saturated heterocycles. The van der Waals surface area contributed by atoms with E-state index in [9.17, 15) is 4.79 Å². The third-order valence-corrected chi connectivity index (χ3v) is 5.60. The Labute approximate surface area is 171 Å². The molecule has 1 aliphatic heterocycles. The number of hydrogen-bond donors (Lipinski definition) is 1. The lowest BCUT2D eigenvalue weighted by Crippen LogP contribution is -2.26. The first kappa shape index (κ1) is 19.1. The molecule has 150 valence electrons. The Morgan fingerprint density at radius 3 is 2.52 bits per heavy atom. The Morgan fingerprint density at radius 1 is 1.03 bits per heavy atom. The lowest BCUT2D eigenvalue weighted by atomic mass is 10.00. The van der Waals surface area contributed by atoms with E-state index < -0.39 is 0 Å². The van der Waals surface area contributed by atoms with Crippen molar-refractivity contribution in [2.45, 2.75) is 19.4 Å². The van der Waals surface area contributed by atoms with E-state index in [2.05, 4.69) is 34.5 Å². The van der Waals surface area contributed by atoms with Crippen molar-refractivity contribution < 1.29 is 14.3 Å². The molecule has 0 spiro atoms. The van der Waals surface area contributed by atoms with Crippen molar-refractivity contribution in [1.82, 2.24) is 10.2 Å². The number of fused-ring (bicyclic) bond motifs is 1. The molecule has 2 aliphatic rings. The number of benzene rings is 2. The van der Waals surface area contributed by atoms with Crippen LogP contribution in [0.1, 0.15) is 27.0 Å². The molecular weight excluding hydrogens is 364 g/mol. The van der Waals surface area contributed by atoms with Gasteiger partial charge in [0.15, 0.2) is 0 Å². The number of carbonyl (C=O) groups excluding carboxylic acids is 1. The maximum absolute atomic E-state index is 12.7. The topological polar surface area (TPSA) is 50.8 Å². The molecule has 1 amide bonds. The molecular formula is C24H26N2O3. The fraction of sp³-hybridized carbons (Fsp3) is 0.292. The zero-order valence-electron chi connectivity index (χ0n) is 16.9. The second-order valence-electron chi connectivity index (χ2n) is 7.28. The summed E-state index contributed by atoms with van der Waals surface area (Å²) in [5, 5.41) is 3.01. The number of nitrogens with zero attached hydrogens (tertiary/aromatic N) is 1. The van der Waals surface area contributed by atoms with E-state index in [1.165, 1.54) is 16.8 Å². The molecule has 2 aromatic carbocycles. The average molecular weight is 390 g/mol. The predicted octanol–water partition coefficient (Wildman–Crippen LogP) is 3.49. The molecule has 29 heavy (non-hydrogen) atoms. The van der Waals surface area contributed by atoms with Crippen LogP contribution in [0.25, 0.3) is 0 Å². The number of carbonyl (C=O) groups is 1. The van der Waals surface area contributed by atoms with Gasteiger partial charge in [-0.1, -0.05) is 12.1 Å². The summed E-state index contributed by atoms with van der Waals surface area (Å²) in [5.41, 5.74) is 5.53. The highest BCUT2D eigenvalue weighted by Crippen LogP contribution is 2.25. The van der Waals surface area contributed by atoms with E-state index in [1.54, 1.807) is 14.2 Å². The van der Waals surface area contributed by atoms with Crippen molar-refractivity contribution in [2.75, 3.05) is 27.3 Å². The zero-order valence-corrected chi connectivity index (χ0v) is 16.9. The van der Waals surface area contributed by atoms with E-state index >= 15 is 0 Å². The number of allylic oxidation sites excluding steroid dienone is 3. The lowest BCUT2D eigenvalue weighted by molar-refractivity contribution is 0.0950. The van der Waals surface area contributed by atoms with Crippen molar-refractivity contribution in [2.24, 2.45) is 0 Å². The van der Waals surface area contributed by atoms with E-state index in [1.807, 2.05) is 30.3 Å². The first-order valence-electron chi connectivity index (χ1n) is 9.92. The Hall–Kier alpha value is -3.21. The second kappa shape index (κ2) is 8.43. The number of rotatable bonds is 6. The molecule has 0 saturated carbocycles. The van der Waals surface area contributed by atoms with Gasteiger partial charge in [-0.15, -0.1) is 0 Å². The van der Waals surface area contributed by atoms with Crippen LogP contribution in [-0.4, -0.2) is 38.1 Å². The summed E-state index contributed by atoms with van der Waals surface area (Å²) in [6.45, 7) is 2.40. The number of amides is 1. The Balaban J connectivity index is 1.42. The summed E-state index contributed by atoms with van der Waals surface area (Å²) in [7, 11) is 3.24. The second-order valence-corrected chi connectivity index (χ2v) is 7.28. The highest BCUT2D eigenvalue weighted by atomic mass is 16.5. The first-order chi connectivity index (χ1) is 14.2. The van der Waals surface area contributed by atoms with Crippen LogP contribution < -0.4 is 14.8 Å². The number of ether oxygens (including phenoxy) is 2. The molecule has 1 aliphatic carbocycles. The minimum atomic E-state index is -0.0728. The Morgan fingerprint density at radius 2 is 1.83 bits per heavy atom. The maximum Gasteiger partial charge on any atom is 0.251 e. The summed E-state index contributed by atoms with van der Waals surface area (Å²) in [6, 6.07) is 11.7. The fourth-order valence-corrected chi connectivity index (χ4v) is 3.79. The van der Waals surface area contributed by atoms with Crippen molar-refractivity contribution in [3.05, 3.63) is 82.6 Å². The van der Waals surface area contributed by atoms with E-state index in [4.69, 9.17) is 9.47 Å². The van der Waals surface area contributed by atoms with Crippen LogP contribution in [0.2, 0.25) is 0 Å². The summed E-state index contributed by atoms with van der Waals surface area (Å²) in [6.07, 6.45) is 8.34. The van der Waals surface area contributed by atoms with Gasteiger partial charge < -0.3 is 19.7 Å². The van der Waals surface area contributed by atoms with Crippen molar-refractivity contribution in [3.63, 3.8) is 0 Å². The minimum absolute atomic E-state index is 0.0728. The third-order valence-electron chi connectivity index (χ3n) is 5.60. The van der Waals surface area contributed by atoms with Gasteiger partial charge in [-0.25, -0.2) is 0 Å². The molecule has 4 rings (SSSR count). The summed E-state index contributed by atoms with van der Waals surface area (Å²) in [5.74, 6) is 1.35. The van der Waals surface area contributed by atoms with Crippen molar-refractivity contribution in [3.8, 4) is 11.5 Å². The summed E-state index contributed by atoms with van der Waals surface area (Å²) in [4.78, 5) is 15.1. The predicted molar refractivity (Wildman–Crippen MR) is 113 cm³/mol. The fourth-order valence-electron chi connectivity index (χ4n) is 3.79. The summed E-state index contributed by atoms with van der Waals surface area (Å²) >= 11 is 0. The van der Waals surface area contributed by atoms with Crippen LogP contribution in [0.15, 0.2) is 60.3 Å². The molecule has 1 N–H and O–H groups in total. The van der Waals surface area contributed by atoms with E-state index in [0.29, 0.717) is 17.9 Å². The van der Waals surface area contributed by atoms with Crippen LogP contribution in [-0.2, 0) is 19.4 Å². The molecule has 2 aromatic rings. The number of methoxy groups -OCH3 is 2. The molecule has 5 nitrogen and oxygen atoms in total. The van der Waals surface area contributed by atoms with Crippen LogP contribution in [0.3, 0.4) is 0 Å². The van der Waals surface area contributed by atoms with Gasteiger partial charge in [0.1, 0.15) is 11.5 Å². The van der Waals surface area contributed by atoms with Gasteiger partial charge in [-0.2, -0.15) is 0 Å². The maximum atomic E-state index is 12.7. The van der Waals surface area contributed by atoms with Crippen LogP contribution >= 0.6 is 0 Å². The quantitative estimate of drug-likeness (QED) is 0.820. The molecule has 5 heteroatoms. The van der Waals surface area contributed by atoms with Crippen LogP contribution in [0, 0.1) is 0 Å². The number of hydrogen-bond acceptors (Lipinski definition) is 4. The molecule has 1 heterocycles. The highest BCUT2D eigenvalue weighted by molar-refractivity contribution is 5.94. The zero-order chi connectivity index (χ0) is 20.2. The molecule has 0 fully saturated rings. The van der Waals surface area contributed by atoms with E-state index in [-0.39, 0.29) is 5.91 Å². The molecule has 0 unspecified atom stereocenters. The van der Waals surface area contributed by atoms with Gasteiger partial charge in [0.2, 0.25) is 0 Å². The van der Waals surface area contributed by atoms with Crippen molar-refractivity contribution in [1.29, 1.82) is 0 Å². The standard InChI is InChI=1S/C24H26N2O3/c1-28-22-9-8-20(23(15-22)29-2)16-25-24(27)19-7-6-17-10-12-26(21-4-3-5-21)13-11-18(17)14-19/h3-9,14-15H,10-13,16H2,1-2H3,(H,25,27). The summed E-state index contributed by atoms with van der Waals surface area (Å²) < 4.78 is 10.6. The van der Waals surface area contributed by atoms with Gasteiger partial charge in [-0.3, -0.25) is 4.79 Å². The van der Waals surface area contributed by atoms with Gasteiger partial charge in [0.05, 0.1) is 14.2 Å². The van der Waals surface area contributed by atoms with Gasteiger partial charge in [0, 0.05) is 42.5 Å². The Bertz CT molecular complexity index is 978. The molecule has 0 atom stereocenters. The normalized spacial score (nSPS) is 15.0. The largest absolute Gasteiger partial charge is 0.497 e. The Kier molecular flexibility index (Phi) is 5.56.